The highest BCUT2D eigenvalue weighted by Crippen LogP contribution is 2.15. The first-order valence-electron chi connectivity index (χ1n) is 9.50. The summed E-state index contributed by atoms with van der Waals surface area (Å²) in [6.07, 6.45) is 0.871. The monoisotopic (exact) mass is 416 g/mol. The summed E-state index contributed by atoms with van der Waals surface area (Å²) >= 11 is 0. The molecule has 1 aromatic rings. The van der Waals surface area contributed by atoms with Crippen LogP contribution in [0.5, 0.6) is 0 Å². The normalized spacial score (nSPS) is 15.0. The van der Waals surface area contributed by atoms with E-state index < -0.39 is 30.4 Å². The lowest BCUT2D eigenvalue weighted by atomic mass is 10.1. The van der Waals surface area contributed by atoms with E-state index in [0.29, 0.717) is 37.1 Å². The second-order valence-corrected chi connectivity index (χ2v) is 6.89. The molecular formula is C20H24N4O6. The number of amides is 3. The molecule has 160 valence electrons. The van der Waals surface area contributed by atoms with Gasteiger partial charge in [-0.2, -0.15) is 5.26 Å². The Morgan fingerprint density at radius 2 is 1.87 bits per heavy atom. The number of nitrogens with one attached hydrogen (secondary N) is 2. The summed E-state index contributed by atoms with van der Waals surface area (Å²) in [6.45, 7) is 1.78. The fourth-order valence-corrected chi connectivity index (χ4v) is 2.97. The van der Waals surface area contributed by atoms with E-state index in [1.807, 2.05) is 6.07 Å². The summed E-state index contributed by atoms with van der Waals surface area (Å²) in [6, 6.07) is 7.39. The summed E-state index contributed by atoms with van der Waals surface area (Å²) in [4.78, 5) is 48.4. The van der Waals surface area contributed by atoms with Crippen LogP contribution in [0.2, 0.25) is 0 Å². The van der Waals surface area contributed by atoms with Crippen LogP contribution in [0.4, 0.5) is 0 Å². The quantitative estimate of drug-likeness (QED) is 0.535. The van der Waals surface area contributed by atoms with Crippen LogP contribution in [-0.2, 0) is 19.1 Å². The second kappa shape index (κ2) is 10.9. The van der Waals surface area contributed by atoms with E-state index in [-0.39, 0.29) is 18.6 Å². The van der Waals surface area contributed by atoms with E-state index in [9.17, 15) is 19.2 Å². The van der Waals surface area contributed by atoms with E-state index in [4.69, 9.17) is 15.1 Å². The number of rotatable bonds is 8. The molecule has 1 atom stereocenters. The minimum absolute atomic E-state index is 0.201. The first-order chi connectivity index (χ1) is 14.3. The van der Waals surface area contributed by atoms with Crippen LogP contribution in [-0.4, -0.2) is 72.1 Å². The molecule has 1 aliphatic rings. The van der Waals surface area contributed by atoms with Crippen molar-refractivity contribution < 1.29 is 29.0 Å². The first-order valence-corrected chi connectivity index (χ1v) is 9.50. The van der Waals surface area contributed by atoms with Crippen molar-refractivity contribution in [3.63, 3.8) is 0 Å². The molecule has 1 aliphatic heterocycles. The van der Waals surface area contributed by atoms with Crippen molar-refractivity contribution in [3.05, 3.63) is 35.4 Å². The van der Waals surface area contributed by atoms with Crippen molar-refractivity contribution in [2.45, 2.75) is 31.9 Å². The zero-order valence-electron chi connectivity index (χ0n) is 16.6. The van der Waals surface area contributed by atoms with E-state index in [1.165, 1.54) is 24.3 Å². The smallest absolute Gasteiger partial charge is 0.322 e. The third-order valence-electron chi connectivity index (χ3n) is 4.63. The minimum atomic E-state index is -1.13. The molecule has 10 heteroatoms. The number of carboxylic acid groups (broad SMARTS) is 1. The fourth-order valence-electron chi connectivity index (χ4n) is 2.97. The summed E-state index contributed by atoms with van der Waals surface area (Å²) in [5.74, 6) is -2.24. The molecule has 10 nitrogen and oxygen atoms in total. The number of piperidine rings is 1. The molecule has 1 heterocycles. The molecule has 3 N–H and O–H groups in total. The van der Waals surface area contributed by atoms with Crippen LogP contribution < -0.4 is 10.6 Å². The number of nitrogens with zero attached hydrogens (tertiary/aromatic N) is 2. The van der Waals surface area contributed by atoms with Gasteiger partial charge in [-0.3, -0.25) is 19.2 Å². The second-order valence-electron chi connectivity index (χ2n) is 6.89. The number of likely N-dealkylation sites (tertiary alicyclic amines) is 1. The van der Waals surface area contributed by atoms with Gasteiger partial charge in [0.1, 0.15) is 19.2 Å². The van der Waals surface area contributed by atoms with Crippen LogP contribution in [0.25, 0.3) is 0 Å². The van der Waals surface area contributed by atoms with Gasteiger partial charge in [0, 0.05) is 18.7 Å². The number of carbonyl (C=O) groups excluding carboxylic acids is 3. The number of benzene rings is 1. The van der Waals surface area contributed by atoms with Crippen LogP contribution in [0.3, 0.4) is 0 Å². The lowest BCUT2D eigenvalue weighted by molar-refractivity contribution is -0.140. The molecule has 0 spiro atoms. The van der Waals surface area contributed by atoms with E-state index in [2.05, 4.69) is 10.6 Å². The van der Waals surface area contributed by atoms with Gasteiger partial charge in [-0.25, -0.2) is 0 Å². The van der Waals surface area contributed by atoms with Gasteiger partial charge in [0.15, 0.2) is 0 Å². The Hall–Kier alpha value is -3.45. The zero-order chi connectivity index (χ0) is 22.1. The lowest BCUT2D eigenvalue weighted by Crippen LogP contribution is -2.50. The predicted molar refractivity (Wildman–Crippen MR) is 104 cm³/mol. The number of hydrogen-bond acceptors (Lipinski definition) is 6. The average molecular weight is 416 g/mol. The molecule has 0 aromatic heterocycles. The molecular weight excluding hydrogens is 392 g/mol. The van der Waals surface area contributed by atoms with Gasteiger partial charge < -0.3 is 25.4 Å². The third-order valence-corrected chi connectivity index (χ3v) is 4.63. The molecule has 2 rings (SSSR count). The number of aliphatic carboxylic acids is 1. The summed E-state index contributed by atoms with van der Waals surface area (Å²) in [5.41, 5.74) is 0.807. The van der Waals surface area contributed by atoms with Gasteiger partial charge in [-0.15, -0.1) is 0 Å². The Kier molecular flexibility index (Phi) is 8.31. The maximum absolute atomic E-state index is 12.6. The van der Waals surface area contributed by atoms with Gasteiger partial charge >= 0.3 is 5.97 Å². The highest BCUT2D eigenvalue weighted by Gasteiger charge is 2.27. The first kappa shape index (κ1) is 22.8. The van der Waals surface area contributed by atoms with Crippen LogP contribution in [0, 0.1) is 11.3 Å². The molecule has 3 amide bonds. The Labute approximate surface area is 173 Å². The lowest BCUT2D eigenvalue weighted by Gasteiger charge is -2.33. The van der Waals surface area contributed by atoms with Crippen molar-refractivity contribution in [3.8, 4) is 6.07 Å². The maximum Gasteiger partial charge on any atom is 0.322 e. The fraction of sp³-hybridized carbons (Fsp3) is 0.450. The molecule has 1 fully saturated rings. The molecule has 0 bridgehead atoms. The molecule has 1 aromatic carbocycles. The Bertz CT molecular complexity index is 825. The Morgan fingerprint density at radius 1 is 1.23 bits per heavy atom. The van der Waals surface area contributed by atoms with Gasteiger partial charge in [0.25, 0.3) is 5.91 Å². The van der Waals surface area contributed by atoms with Crippen molar-refractivity contribution in [2.24, 2.45) is 0 Å². The van der Waals surface area contributed by atoms with Crippen molar-refractivity contribution in [1.82, 2.24) is 15.5 Å². The summed E-state index contributed by atoms with van der Waals surface area (Å²) in [7, 11) is 0. The molecule has 0 radical (unpaired) electrons. The number of carbonyl (C=O) groups is 4. The third kappa shape index (κ3) is 6.86. The van der Waals surface area contributed by atoms with Crippen LogP contribution in [0.15, 0.2) is 24.3 Å². The molecule has 0 saturated carbocycles. The van der Waals surface area contributed by atoms with Gasteiger partial charge in [0.2, 0.25) is 11.8 Å². The highest BCUT2D eigenvalue weighted by molar-refractivity contribution is 5.97. The van der Waals surface area contributed by atoms with Crippen LogP contribution in [0.1, 0.15) is 35.7 Å². The topological polar surface area (TPSA) is 149 Å². The van der Waals surface area contributed by atoms with Crippen molar-refractivity contribution in [1.29, 1.82) is 5.26 Å². The number of ether oxygens (including phenoxy) is 1. The number of carboxylic acids is 1. The van der Waals surface area contributed by atoms with Crippen molar-refractivity contribution >= 4 is 23.7 Å². The van der Waals surface area contributed by atoms with Gasteiger partial charge in [-0.05, 0) is 44.0 Å². The predicted octanol–water partition coefficient (Wildman–Crippen LogP) is -0.115. The highest BCUT2D eigenvalue weighted by atomic mass is 16.5. The largest absolute Gasteiger partial charge is 0.480 e. The summed E-state index contributed by atoms with van der Waals surface area (Å²) in [5, 5.41) is 22.2. The molecule has 1 saturated heterocycles. The Morgan fingerprint density at radius 3 is 2.43 bits per heavy atom. The SMILES string of the molecule is CC(NC(=O)c1ccc(C#N)cc1)C(=O)N1CCC(OCC(=O)NCC(=O)O)CC1. The van der Waals surface area contributed by atoms with Gasteiger partial charge in [0.05, 0.1) is 17.7 Å². The number of hydrogen-bond donors (Lipinski definition) is 3. The number of nitriles is 1. The Balaban J connectivity index is 1.74. The minimum Gasteiger partial charge on any atom is -0.480 e. The van der Waals surface area contributed by atoms with E-state index >= 15 is 0 Å². The molecule has 30 heavy (non-hydrogen) atoms. The van der Waals surface area contributed by atoms with E-state index in [1.54, 1.807) is 11.8 Å². The average Bonchev–Trinajstić information content (AvgIpc) is 2.76. The molecule has 1 unspecified atom stereocenters. The van der Waals surface area contributed by atoms with Gasteiger partial charge in [-0.1, -0.05) is 0 Å². The van der Waals surface area contributed by atoms with E-state index in [0.717, 1.165) is 0 Å². The van der Waals surface area contributed by atoms with Crippen LogP contribution >= 0.6 is 0 Å². The standard InChI is InChI=1S/C20H24N4O6/c1-13(23-19(28)15-4-2-14(10-21)3-5-15)20(29)24-8-6-16(7-9-24)30-12-17(25)22-11-18(26)27/h2-5,13,16H,6-9,11-12H2,1H3,(H,22,25)(H,23,28)(H,26,27). The molecule has 0 aliphatic carbocycles. The summed E-state index contributed by atoms with van der Waals surface area (Å²) < 4.78 is 5.47. The zero-order valence-corrected chi connectivity index (χ0v) is 16.6. The maximum atomic E-state index is 12.6. The van der Waals surface area contributed by atoms with Crippen molar-refractivity contribution in [2.75, 3.05) is 26.2 Å².